The van der Waals surface area contributed by atoms with Gasteiger partial charge in [0.25, 0.3) is 5.91 Å². The molecule has 0 heterocycles. The summed E-state index contributed by atoms with van der Waals surface area (Å²) < 4.78 is 4.94. The quantitative estimate of drug-likeness (QED) is 0.634. The lowest BCUT2D eigenvalue weighted by atomic mass is 10.0. The molecule has 0 aromatic heterocycles. The molecule has 0 saturated carbocycles. The molecule has 2 aromatic rings. The normalized spacial score (nSPS) is 11.2. The van der Waals surface area contributed by atoms with Crippen LogP contribution in [0.15, 0.2) is 54.6 Å². The number of hydrogen-bond acceptors (Lipinski definition) is 5. The molecule has 0 fully saturated rings. The second kappa shape index (κ2) is 7.87. The Morgan fingerprint density at radius 2 is 1.40 bits per heavy atom. The minimum Gasteiger partial charge on any atom is -0.449 e. The molecule has 2 aromatic carbocycles. The van der Waals surface area contributed by atoms with E-state index < -0.39 is 24.0 Å². The zero-order valence-electron chi connectivity index (χ0n) is 13.4. The molecule has 0 bridgehead atoms. The topological polar surface area (TPSA) is 116 Å². The third-order valence-electron chi connectivity index (χ3n) is 3.32. The number of ether oxygens (including phenoxy) is 1. The Balaban J connectivity index is 2.04. The van der Waals surface area contributed by atoms with Crippen molar-refractivity contribution in [1.82, 2.24) is 5.32 Å². The summed E-state index contributed by atoms with van der Waals surface area (Å²) in [6.07, 6.45) is -1.19. The number of carbonyl (C=O) groups excluding carboxylic acids is 4. The van der Waals surface area contributed by atoms with Crippen molar-refractivity contribution >= 4 is 23.7 Å². The van der Waals surface area contributed by atoms with Crippen molar-refractivity contribution < 1.29 is 23.9 Å². The summed E-state index contributed by atoms with van der Waals surface area (Å²) in [6, 6.07) is 13.6. The molecule has 0 saturated heterocycles. The van der Waals surface area contributed by atoms with E-state index in [1.807, 2.05) is 11.4 Å². The van der Waals surface area contributed by atoms with Crippen LogP contribution in [0.4, 0.5) is 4.79 Å². The first-order valence-corrected chi connectivity index (χ1v) is 7.39. The molecule has 128 valence electrons. The molecule has 2 rings (SSSR count). The van der Waals surface area contributed by atoms with E-state index in [4.69, 9.17) is 10.5 Å². The highest BCUT2D eigenvalue weighted by molar-refractivity contribution is 6.09. The van der Waals surface area contributed by atoms with Gasteiger partial charge in [0.05, 0.1) is 5.56 Å². The summed E-state index contributed by atoms with van der Waals surface area (Å²) in [5.41, 5.74) is 5.95. The number of hydrogen-bond donors (Lipinski definition) is 2. The van der Waals surface area contributed by atoms with E-state index in [-0.39, 0.29) is 11.3 Å². The van der Waals surface area contributed by atoms with Crippen molar-refractivity contribution in [3.8, 4) is 0 Å². The first-order valence-electron chi connectivity index (χ1n) is 7.39. The summed E-state index contributed by atoms with van der Waals surface area (Å²) in [6.45, 7) is 1.31. The predicted molar refractivity (Wildman–Crippen MR) is 88.9 cm³/mol. The van der Waals surface area contributed by atoms with Crippen LogP contribution in [-0.2, 0) is 9.53 Å². The molecule has 7 heteroatoms. The summed E-state index contributed by atoms with van der Waals surface area (Å²) in [4.78, 5) is 46.4. The fourth-order valence-corrected chi connectivity index (χ4v) is 2.02. The Morgan fingerprint density at radius 3 is 1.96 bits per heavy atom. The number of benzene rings is 2. The van der Waals surface area contributed by atoms with E-state index >= 15 is 0 Å². The fraction of sp³-hybridized carbons (Fsp3) is 0.111. The minimum absolute atomic E-state index is 0.170. The molecular formula is C18H16N2O5. The maximum Gasteiger partial charge on any atom is 0.338 e. The molecule has 7 nitrogen and oxygen atoms in total. The van der Waals surface area contributed by atoms with Gasteiger partial charge in [0.15, 0.2) is 11.9 Å². The van der Waals surface area contributed by atoms with Gasteiger partial charge in [-0.15, -0.1) is 0 Å². The SMILES string of the molecule is C[C@H](OC(=O)c1ccc(C(=O)c2ccccc2)cc1)C(=O)NC(N)=O. The van der Waals surface area contributed by atoms with Crippen molar-refractivity contribution in [2.24, 2.45) is 5.73 Å². The van der Waals surface area contributed by atoms with Crippen molar-refractivity contribution in [3.63, 3.8) is 0 Å². The maximum absolute atomic E-state index is 12.3. The second-order valence-corrected chi connectivity index (χ2v) is 5.17. The van der Waals surface area contributed by atoms with Crippen LogP contribution in [0, 0.1) is 0 Å². The van der Waals surface area contributed by atoms with Gasteiger partial charge in [0.1, 0.15) is 0 Å². The van der Waals surface area contributed by atoms with Gasteiger partial charge in [0, 0.05) is 11.1 Å². The third-order valence-corrected chi connectivity index (χ3v) is 3.32. The lowest BCUT2D eigenvalue weighted by Crippen LogP contribution is -2.42. The van der Waals surface area contributed by atoms with Crippen LogP contribution >= 0.6 is 0 Å². The average molecular weight is 340 g/mol. The number of urea groups is 1. The average Bonchev–Trinajstić information content (AvgIpc) is 2.61. The van der Waals surface area contributed by atoms with Crippen LogP contribution < -0.4 is 11.1 Å². The molecule has 3 N–H and O–H groups in total. The summed E-state index contributed by atoms with van der Waals surface area (Å²) >= 11 is 0. The van der Waals surface area contributed by atoms with Crippen molar-refractivity contribution in [2.75, 3.05) is 0 Å². The zero-order chi connectivity index (χ0) is 18.4. The molecule has 0 aliphatic rings. The summed E-state index contributed by atoms with van der Waals surface area (Å²) in [7, 11) is 0. The Kier molecular flexibility index (Phi) is 5.62. The van der Waals surface area contributed by atoms with Crippen LogP contribution in [0.25, 0.3) is 0 Å². The largest absolute Gasteiger partial charge is 0.449 e. The molecule has 3 amide bonds. The molecular weight excluding hydrogens is 324 g/mol. The van der Waals surface area contributed by atoms with Crippen LogP contribution in [0.2, 0.25) is 0 Å². The highest BCUT2D eigenvalue weighted by Crippen LogP contribution is 2.12. The van der Waals surface area contributed by atoms with Gasteiger partial charge >= 0.3 is 12.0 Å². The van der Waals surface area contributed by atoms with Gasteiger partial charge in [0.2, 0.25) is 0 Å². The van der Waals surface area contributed by atoms with Gasteiger partial charge in [-0.25, -0.2) is 9.59 Å². The van der Waals surface area contributed by atoms with E-state index in [1.165, 1.54) is 31.2 Å². The monoisotopic (exact) mass is 340 g/mol. The van der Waals surface area contributed by atoms with E-state index in [0.29, 0.717) is 11.1 Å². The van der Waals surface area contributed by atoms with Crippen LogP contribution in [0.5, 0.6) is 0 Å². The Morgan fingerprint density at radius 1 is 0.880 bits per heavy atom. The molecule has 1 atom stereocenters. The van der Waals surface area contributed by atoms with Crippen LogP contribution in [0.3, 0.4) is 0 Å². The Hall–Kier alpha value is -3.48. The van der Waals surface area contributed by atoms with Crippen molar-refractivity contribution in [3.05, 3.63) is 71.3 Å². The van der Waals surface area contributed by atoms with Gasteiger partial charge in [-0.1, -0.05) is 42.5 Å². The van der Waals surface area contributed by atoms with Crippen molar-refractivity contribution in [2.45, 2.75) is 13.0 Å². The highest BCUT2D eigenvalue weighted by Gasteiger charge is 2.20. The van der Waals surface area contributed by atoms with Gasteiger partial charge in [-0.05, 0) is 19.1 Å². The fourth-order valence-electron chi connectivity index (χ4n) is 2.02. The molecule has 0 aliphatic carbocycles. The first kappa shape index (κ1) is 17.9. The van der Waals surface area contributed by atoms with Gasteiger partial charge in [-0.3, -0.25) is 14.9 Å². The number of amides is 3. The van der Waals surface area contributed by atoms with Crippen LogP contribution in [0.1, 0.15) is 33.2 Å². The molecule has 0 radical (unpaired) electrons. The Labute approximate surface area is 143 Å². The minimum atomic E-state index is -1.19. The lowest BCUT2D eigenvalue weighted by molar-refractivity contribution is -0.127. The van der Waals surface area contributed by atoms with E-state index in [1.54, 1.807) is 24.3 Å². The highest BCUT2D eigenvalue weighted by atomic mass is 16.5. The van der Waals surface area contributed by atoms with Crippen LogP contribution in [-0.4, -0.2) is 29.8 Å². The van der Waals surface area contributed by atoms with Crippen molar-refractivity contribution in [1.29, 1.82) is 0 Å². The second-order valence-electron chi connectivity index (χ2n) is 5.17. The Bertz CT molecular complexity index is 800. The molecule has 0 spiro atoms. The molecule has 0 unspecified atom stereocenters. The number of esters is 1. The number of ketones is 1. The summed E-state index contributed by atoms with van der Waals surface area (Å²) in [5.74, 6) is -1.75. The number of primary amides is 1. The lowest BCUT2D eigenvalue weighted by Gasteiger charge is -2.12. The van der Waals surface area contributed by atoms with Gasteiger partial charge in [-0.2, -0.15) is 0 Å². The number of nitrogens with two attached hydrogens (primary N) is 1. The maximum atomic E-state index is 12.3. The number of imide groups is 1. The number of rotatable bonds is 5. The standard InChI is InChI=1S/C18H16N2O5/c1-11(16(22)20-18(19)24)25-17(23)14-9-7-13(8-10-14)15(21)12-5-3-2-4-6-12/h2-11H,1H3,(H3,19,20,22,24)/t11-/m0/s1. The first-order chi connectivity index (χ1) is 11.9. The third kappa shape index (κ3) is 4.74. The van der Waals surface area contributed by atoms with E-state index in [0.717, 1.165) is 0 Å². The number of nitrogens with one attached hydrogen (secondary N) is 1. The van der Waals surface area contributed by atoms with E-state index in [2.05, 4.69) is 0 Å². The zero-order valence-corrected chi connectivity index (χ0v) is 13.4. The molecule has 0 aliphatic heterocycles. The predicted octanol–water partition coefficient (Wildman–Crippen LogP) is 1.66. The van der Waals surface area contributed by atoms with E-state index in [9.17, 15) is 19.2 Å². The molecule has 25 heavy (non-hydrogen) atoms. The smallest absolute Gasteiger partial charge is 0.338 e. The van der Waals surface area contributed by atoms with Gasteiger partial charge < -0.3 is 10.5 Å². The summed E-state index contributed by atoms with van der Waals surface area (Å²) in [5, 5.41) is 1.82. The number of carbonyl (C=O) groups is 4.